The van der Waals surface area contributed by atoms with Gasteiger partial charge in [0, 0.05) is 6.04 Å². The summed E-state index contributed by atoms with van der Waals surface area (Å²) in [4.78, 5) is 1.54. The minimum Gasteiger partial charge on any atom is -0.317 e. The third-order valence-electron chi connectivity index (χ3n) is 2.92. The Morgan fingerprint density at radius 3 is 2.28 bits per heavy atom. The van der Waals surface area contributed by atoms with E-state index in [0.29, 0.717) is 6.54 Å². The van der Waals surface area contributed by atoms with E-state index in [1.54, 1.807) is 4.90 Å². The van der Waals surface area contributed by atoms with Gasteiger partial charge in [0.2, 0.25) is 0 Å². The average molecular weight is 268 g/mol. The van der Waals surface area contributed by atoms with E-state index < -0.39 is 12.7 Å². The number of nitrogens with zero attached hydrogens (tertiary/aromatic N) is 1. The molecule has 1 N–H and O–H groups in total. The molecule has 1 atom stereocenters. The molecule has 0 aromatic rings. The summed E-state index contributed by atoms with van der Waals surface area (Å²) in [7, 11) is 0. The Balaban J connectivity index is 3.94. The zero-order chi connectivity index (χ0) is 14.0. The fourth-order valence-corrected chi connectivity index (χ4v) is 1.98. The van der Waals surface area contributed by atoms with Crippen LogP contribution in [0.15, 0.2) is 0 Å². The summed E-state index contributed by atoms with van der Waals surface area (Å²) in [6.45, 7) is 7.51. The molecule has 0 saturated heterocycles. The maximum atomic E-state index is 12.4. The normalized spacial score (nSPS) is 14.2. The third kappa shape index (κ3) is 9.71. The van der Waals surface area contributed by atoms with E-state index in [9.17, 15) is 13.2 Å². The van der Waals surface area contributed by atoms with Crippen LogP contribution in [0.3, 0.4) is 0 Å². The molecule has 2 nitrogen and oxygen atoms in total. The van der Waals surface area contributed by atoms with Gasteiger partial charge in [-0.15, -0.1) is 0 Å². The van der Waals surface area contributed by atoms with Crippen molar-refractivity contribution >= 4 is 0 Å². The number of halogens is 3. The molecule has 0 rings (SSSR count). The van der Waals surface area contributed by atoms with Gasteiger partial charge in [0.15, 0.2) is 0 Å². The molecule has 0 aliphatic carbocycles. The fourth-order valence-electron chi connectivity index (χ4n) is 1.98. The van der Waals surface area contributed by atoms with Gasteiger partial charge in [-0.3, -0.25) is 4.90 Å². The molecule has 0 aliphatic heterocycles. The summed E-state index contributed by atoms with van der Waals surface area (Å²) < 4.78 is 37.3. The summed E-state index contributed by atoms with van der Waals surface area (Å²) in [6.07, 6.45) is -0.504. The molecule has 0 amide bonds. The van der Waals surface area contributed by atoms with Crippen molar-refractivity contribution in [3.8, 4) is 0 Å². The first kappa shape index (κ1) is 17.7. The van der Waals surface area contributed by atoms with Gasteiger partial charge < -0.3 is 5.32 Å². The summed E-state index contributed by atoms with van der Waals surface area (Å²) in [6, 6.07) is -0.00463. The summed E-state index contributed by atoms with van der Waals surface area (Å²) in [5.41, 5.74) is 0. The Bertz CT molecular complexity index is 195. The van der Waals surface area contributed by atoms with Crippen molar-refractivity contribution in [3.63, 3.8) is 0 Å². The van der Waals surface area contributed by atoms with E-state index in [2.05, 4.69) is 12.2 Å². The van der Waals surface area contributed by atoms with Crippen LogP contribution in [-0.4, -0.2) is 43.3 Å². The van der Waals surface area contributed by atoms with Gasteiger partial charge in [0.25, 0.3) is 0 Å². The van der Waals surface area contributed by atoms with Crippen molar-refractivity contribution in [1.29, 1.82) is 0 Å². The van der Waals surface area contributed by atoms with E-state index in [0.717, 1.165) is 38.8 Å². The van der Waals surface area contributed by atoms with Crippen LogP contribution in [0.25, 0.3) is 0 Å². The van der Waals surface area contributed by atoms with Gasteiger partial charge in [0.05, 0.1) is 6.54 Å². The van der Waals surface area contributed by atoms with Crippen molar-refractivity contribution in [3.05, 3.63) is 0 Å². The molecule has 5 heteroatoms. The van der Waals surface area contributed by atoms with Gasteiger partial charge in [0.1, 0.15) is 0 Å². The molecule has 0 fully saturated rings. The minimum atomic E-state index is -4.09. The molecular weight excluding hydrogens is 241 g/mol. The lowest BCUT2D eigenvalue weighted by Crippen LogP contribution is -2.41. The number of rotatable bonds is 10. The largest absolute Gasteiger partial charge is 0.401 e. The van der Waals surface area contributed by atoms with Gasteiger partial charge in [-0.2, -0.15) is 13.2 Å². The number of alkyl halides is 3. The highest BCUT2D eigenvalue weighted by Gasteiger charge is 2.32. The molecule has 0 radical (unpaired) electrons. The predicted molar refractivity (Wildman–Crippen MR) is 69.8 cm³/mol. The summed E-state index contributed by atoms with van der Waals surface area (Å²) in [5.74, 6) is 0. The quantitative estimate of drug-likeness (QED) is 0.611. The highest BCUT2D eigenvalue weighted by Crippen LogP contribution is 2.19. The van der Waals surface area contributed by atoms with E-state index in [1.165, 1.54) is 0 Å². The Hall–Kier alpha value is -0.290. The average Bonchev–Trinajstić information content (AvgIpc) is 2.26. The SMILES string of the molecule is CCCNCCCC(C)N(CCC)CC(F)(F)F. The first-order valence-corrected chi connectivity index (χ1v) is 6.92. The smallest absolute Gasteiger partial charge is 0.317 e. The van der Waals surface area contributed by atoms with Crippen LogP contribution in [0, 0.1) is 0 Å². The third-order valence-corrected chi connectivity index (χ3v) is 2.92. The summed E-state index contributed by atoms with van der Waals surface area (Å²) in [5, 5.41) is 3.27. The zero-order valence-electron chi connectivity index (χ0n) is 11.8. The Labute approximate surface area is 109 Å². The predicted octanol–water partition coefficient (Wildman–Crippen LogP) is 3.43. The van der Waals surface area contributed by atoms with E-state index in [-0.39, 0.29) is 6.04 Å². The van der Waals surface area contributed by atoms with Crippen LogP contribution in [0.1, 0.15) is 46.5 Å². The van der Waals surface area contributed by atoms with Crippen LogP contribution in [0.5, 0.6) is 0 Å². The monoisotopic (exact) mass is 268 g/mol. The number of nitrogens with one attached hydrogen (secondary N) is 1. The zero-order valence-corrected chi connectivity index (χ0v) is 11.8. The lowest BCUT2D eigenvalue weighted by Gasteiger charge is -2.29. The standard InChI is InChI=1S/C13H27F3N2/c1-4-8-17-9-6-7-12(3)18(10-5-2)11-13(14,15)16/h12,17H,4-11H2,1-3H3. The molecule has 0 aliphatic rings. The first-order valence-electron chi connectivity index (χ1n) is 6.92. The number of hydrogen-bond acceptors (Lipinski definition) is 2. The molecular formula is C13H27F3N2. The van der Waals surface area contributed by atoms with Crippen LogP contribution in [-0.2, 0) is 0 Å². The Kier molecular flexibility index (Phi) is 9.46. The van der Waals surface area contributed by atoms with E-state index in [1.807, 2.05) is 13.8 Å². The second-order valence-electron chi connectivity index (χ2n) is 4.83. The molecule has 0 heterocycles. The Morgan fingerprint density at radius 2 is 1.78 bits per heavy atom. The number of hydrogen-bond donors (Lipinski definition) is 1. The second-order valence-corrected chi connectivity index (χ2v) is 4.83. The van der Waals surface area contributed by atoms with Crippen LogP contribution >= 0.6 is 0 Å². The van der Waals surface area contributed by atoms with E-state index in [4.69, 9.17) is 0 Å². The molecule has 0 aromatic carbocycles. The summed E-state index contributed by atoms with van der Waals surface area (Å²) >= 11 is 0. The van der Waals surface area contributed by atoms with Gasteiger partial charge >= 0.3 is 6.18 Å². The molecule has 1 unspecified atom stereocenters. The molecule has 0 saturated carbocycles. The van der Waals surface area contributed by atoms with Gasteiger partial charge in [-0.25, -0.2) is 0 Å². The van der Waals surface area contributed by atoms with Crippen molar-refractivity contribution in [2.75, 3.05) is 26.2 Å². The first-order chi connectivity index (χ1) is 8.40. The van der Waals surface area contributed by atoms with Gasteiger partial charge in [-0.05, 0) is 52.2 Å². The maximum absolute atomic E-state index is 12.4. The second kappa shape index (κ2) is 9.62. The lowest BCUT2D eigenvalue weighted by atomic mass is 10.1. The molecule has 18 heavy (non-hydrogen) atoms. The van der Waals surface area contributed by atoms with Crippen molar-refractivity contribution < 1.29 is 13.2 Å². The molecule has 0 bridgehead atoms. The van der Waals surface area contributed by atoms with E-state index >= 15 is 0 Å². The highest BCUT2D eigenvalue weighted by molar-refractivity contribution is 4.70. The lowest BCUT2D eigenvalue weighted by molar-refractivity contribution is -0.150. The van der Waals surface area contributed by atoms with Crippen LogP contribution in [0.4, 0.5) is 13.2 Å². The van der Waals surface area contributed by atoms with Crippen molar-refractivity contribution in [1.82, 2.24) is 10.2 Å². The topological polar surface area (TPSA) is 15.3 Å². The molecule has 0 aromatic heterocycles. The van der Waals surface area contributed by atoms with Crippen LogP contribution < -0.4 is 5.32 Å². The molecule has 0 spiro atoms. The van der Waals surface area contributed by atoms with Crippen LogP contribution in [0.2, 0.25) is 0 Å². The maximum Gasteiger partial charge on any atom is 0.401 e. The Morgan fingerprint density at radius 1 is 1.11 bits per heavy atom. The highest BCUT2D eigenvalue weighted by atomic mass is 19.4. The van der Waals surface area contributed by atoms with Crippen molar-refractivity contribution in [2.45, 2.75) is 58.7 Å². The minimum absolute atomic E-state index is 0.00463. The van der Waals surface area contributed by atoms with Gasteiger partial charge in [-0.1, -0.05) is 13.8 Å². The molecule has 110 valence electrons. The van der Waals surface area contributed by atoms with Crippen molar-refractivity contribution in [2.24, 2.45) is 0 Å². The fraction of sp³-hybridized carbons (Fsp3) is 1.00.